The molecule has 0 aliphatic rings. The van der Waals surface area contributed by atoms with E-state index < -0.39 is 40.1 Å². The number of methoxy groups -OCH3 is 1. The number of hydrogen-bond donors (Lipinski definition) is 0. The van der Waals surface area contributed by atoms with E-state index in [9.17, 15) is 23.6 Å². The predicted molar refractivity (Wildman–Crippen MR) is 116 cm³/mol. The number of rotatable bonds is 7. The smallest absolute Gasteiger partial charge is 0.338 e. The number of carbonyl (C=O) groups is 2. The first-order valence-electron chi connectivity index (χ1n) is 8.78. The van der Waals surface area contributed by atoms with Gasteiger partial charge in [-0.3, -0.25) is 18.7 Å². The zero-order valence-electron chi connectivity index (χ0n) is 17.0. The highest BCUT2D eigenvalue weighted by Gasteiger charge is 2.21. The highest BCUT2D eigenvalue weighted by Crippen LogP contribution is 2.30. The second-order valence-corrected chi connectivity index (χ2v) is 8.16. The quantitative estimate of drug-likeness (QED) is 0.428. The fourth-order valence-corrected chi connectivity index (χ4v) is 3.55. The first-order valence-corrected chi connectivity index (χ1v) is 10.5. The van der Waals surface area contributed by atoms with E-state index in [-0.39, 0.29) is 27.7 Å². The van der Waals surface area contributed by atoms with Gasteiger partial charge in [0.2, 0.25) is 5.12 Å². The van der Waals surface area contributed by atoms with Crippen LogP contribution in [0.25, 0.3) is 5.69 Å². The normalized spacial score (nSPS) is 11.8. The minimum absolute atomic E-state index is 0.0414. The van der Waals surface area contributed by atoms with E-state index in [4.69, 9.17) is 28.6 Å². The molecule has 0 amide bonds. The monoisotopic (exact) mass is 491 g/mol. The van der Waals surface area contributed by atoms with Crippen molar-refractivity contribution in [1.29, 1.82) is 0 Å². The molecule has 0 saturated carbocycles. The second kappa shape index (κ2) is 10.2. The van der Waals surface area contributed by atoms with Crippen LogP contribution in [0.3, 0.4) is 0 Å². The number of aromatic nitrogens is 3. The molecule has 31 heavy (non-hydrogen) atoms. The van der Waals surface area contributed by atoms with Crippen molar-refractivity contribution in [3.8, 4) is 11.4 Å². The summed E-state index contributed by atoms with van der Waals surface area (Å²) in [6.45, 7) is 1.45. The van der Waals surface area contributed by atoms with Crippen LogP contribution in [0.5, 0.6) is 5.75 Å². The number of nitrogens with zero attached hydrogens (tertiary/aromatic N) is 3. The second-order valence-electron chi connectivity index (χ2n) is 6.29. The van der Waals surface area contributed by atoms with Gasteiger partial charge in [-0.1, -0.05) is 23.4 Å². The van der Waals surface area contributed by atoms with E-state index in [0.29, 0.717) is 4.57 Å². The predicted octanol–water partition coefficient (Wildman–Crippen LogP) is 1.99. The van der Waals surface area contributed by atoms with Crippen molar-refractivity contribution in [3.63, 3.8) is 0 Å². The summed E-state index contributed by atoms with van der Waals surface area (Å²) >= 11 is 11.9. The summed E-state index contributed by atoms with van der Waals surface area (Å²) < 4.78 is 27.2. The van der Waals surface area contributed by atoms with Gasteiger partial charge in [-0.25, -0.2) is 18.5 Å². The van der Waals surface area contributed by atoms with Crippen LogP contribution < -0.4 is 16.1 Å². The number of thioether (sulfide) groups is 1. The van der Waals surface area contributed by atoms with Gasteiger partial charge in [-0.2, -0.15) is 0 Å². The number of halogens is 2. The first-order chi connectivity index (χ1) is 14.5. The third kappa shape index (κ3) is 5.43. The Morgan fingerprint density at radius 1 is 1.23 bits per heavy atom. The molecule has 0 aliphatic heterocycles. The maximum atomic E-state index is 14.6. The van der Waals surface area contributed by atoms with E-state index in [1.165, 1.54) is 28.1 Å². The Balaban J connectivity index is 2.38. The van der Waals surface area contributed by atoms with E-state index in [2.05, 4.69) is 4.74 Å². The van der Waals surface area contributed by atoms with Crippen molar-refractivity contribution < 1.29 is 23.5 Å². The molecule has 1 heterocycles. The van der Waals surface area contributed by atoms with Crippen molar-refractivity contribution in [2.45, 2.75) is 19.4 Å². The van der Waals surface area contributed by atoms with Gasteiger partial charge in [0.25, 0.3) is 0 Å². The molecule has 0 bridgehead atoms. The zero-order chi connectivity index (χ0) is 23.5. The number of ether oxygens (including phenoxy) is 2. The van der Waals surface area contributed by atoms with Crippen molar-refractivity contribution >= 4 is 46.7 Å². The molecule has 0 N–H and O–H groups in total. The van der Waals surface area contributed by atoms with E-state index in [1.807, 2.05) is 0 Å². The largest absolute Gasteiger partial charge is 0.480 e. The summed E-state index contributed by atoms with van der Waals surface area (Å²) in [7, 11) is 3.94. The Labute approximate surface area is 190 Å². The molecular weight excluding hydrogens is 473 g/mol. The van der Waals surface area contributed by atoms with Crippen LogP contribution in [0.15, 0.2) is 21.7 Å². The summed E-state index contributed by atoms with van der Waals surface area (Å²) in [4.78, 5) is 48.5. The minimum atomic E-state index is -1.01. The Hall–Kier alpha value is -2.44. The first kappa shape index (κ1) is 24.8. The van der Waals surface area contributed by atoms with Crippen LogP contribution in [0.1, 0.15) is 13.3 Å². The standard InChI is InChI=1S/C18H19ClFN3O6S2/c1-9(15(25)31-6-5-14(24)28-4)29-13-8-12(11(20)7-10(13)19)23-16(26)21(2)18(30)22(3)17(23)27/h7-9H,5-6H2,1-4H3. The number of benzene rings is 1. The van der Waals surface area contributed by atoms with E-state index in [1.54, 1.807) is 0 Å². The average molecular weight is 492 g/mol. The molecule has 0 saturated heterocycles. The van der Waals surface area contributed by atoms with Crippen molar-refractivity contribution in [1.82, 2.24) is 13.7 Å². The summed E-state index contributed by atoms with van der Waals surface area (Å²) in [6, 6.07) is 1.94. The molecule has 0 spiro atoms. The van der Waals surface area contributed by atoms with Gasteiger partial charge in [0, 0.05) is 25.9 Å². The summed E-state index contributed by atoms with van der Waals surface area (Å²) in [5.41, 5.74) is -2.13. The lowest BCUT2D eigenvalue weighted by Crippen LogP contribution is -2.43. The molecule has 9 nitrogen and oxygen atoms in total. The highest BCUT2D eigenvalue weighted by atomic mass is 35.5. The lowest BCUT2D eigenvalue weighted by molar-refractivity contribution is -0.140. The highest BCUT2D eigenvalue weighted by molar-refractivity contribution is 8.13. The van der Waals surface area contributed by atoms with Crippen LogP contribution in [-0.4, -0.2) is 43.8 Å². The van der Waals surface area contributed by atoms with Crippen molar-refractivity contribution in [2.24, 2.45) is 14.1 Å². The van der Waals surface area contributed by atoms with Gasteiger partial charge in [0.05, 0.1) is 24.2 Å². The third-order valence-corrected chi connectivity index (χ3v) is 6.05. The van der Waals surface area contributed by atoms with Crippen LogP contribution in [0, 0.1) is 10.6 Å². The molecule has 1 aromatic carbocycles. The molecule has 0 fully saturated rings. The minimum Gasteiger partial charge on any atom is -0.480 e. The van der Waals surface area contributed by atoms with Gasteiger partial charge in [-0.05, 0) is 25.2 Å². The molecular formula is C18H19ClFN3O6S2. The number of carbonyl (C=O) groups excluding carboxylic acids is 2. The summed E-state index contributed by atoms with van der Waals surface area (Å²) in [6.07, 6.45) is -0.965. The Bertz CT molecular complexity index is 1170. The molecule has 2 aromatic rings. The fraction of sp³-hybridized carbons (Fsp3) is 0.389. The molecule has 168 valence electrons. The van der Waals surface area contributed by atoms with Gasteiger partial charge in [-0.15, -0.1) is 0 Å². The molecule has 0 aliphatic carbocycles. The van der Waals surface area contributed by atoms with Gasteiger partial charge < -0.3 is 9.47 Å². The maximum Gasteiger partial charge on any atom is 0.338 e. The van der Waals surface area contributed by atoms with Gasteiger partial charge in [0.1, 0.15) is 11.6 Å². The molecule has 1 unspecified atom stereocenters. The van der Waals surface area contributed by atoms with Crippen molar-refractivity contribution in [2.75, 3.05) is 12.9 Å². The summed E-state index contributed by atoms with van der Waals surface area (Å²) in [5, 5.41) is -0.560. The summed E-state index contributed by atoms with van der Waals surface area (Å²) in [5.74, 6) is -1.31. The molecule has 1 atom stereocenters. The fourth-order valence-electron chi connectivity index (χ4n) is 2.45. The van der Waals surface area contributed by atoms with Gasteiger partial charge in [0.15, 0.2) is 10.9 Å². The van der Waals surface area contributed by atoms with Crippen LogP contribution in [0.4, 0.5) is 4.39 Å². The topological polar surface area (TPSA) is 102 Å². The molecule has 1 aromatic heterocycles. The van der Waals surface area contributed by atoms with Crippen LogP contribution >= 0.6 is 35.6 Å². The zero-order valence-corrected chi connectivity index (χ0v) is 19.4. The third-order valence-electron chi connectivity index (χ3n) is 4.19. The van der Waals surface area contributed by atoms with Crippen molar-refractivity contribution in [3.05, 3.63) is 48.7 Å². The van der Waals surface area contributed by atoms with E-state index in [0.717, 1.165) is 33.0 Å². The maximum absolute atomic E-state index is 14.6. The Morgan fingerprint density at radius 2 is 1.81 bits per heavy atom. The van der Waals surface area contributed by atoms with Crippen LogP contribution in [0.2, 0.25) is 5.02 Å². The SMILES string of the molecule is COC(=O)CCSC(=O)C(C)Oc1cc(-n2c(=O)n(C)c(=S)n(C)c2=O)c(F)cc1Cl. The Morgan fingerprint density at radius 3 is 2.35 bits per heavy atom. The molecule has 0 radical (unpaired) electrons. The number of hydrogen-bond acceptors (Lipinski definition) is 8. The Kier molecular flexibility index (Phi) is 8.21. The molecule has 2 rings (SSSR count). The van der Waals surface area contributed by atoms with Crippen LogP contribution in [-0.2, 0) is 28.4 Å². The molecule has 13 heteroatoms. The number of esters is 1. The van der Waals surface area contributed by atoms with Gasteiger partial charge >= 0.3 is 17.3 Å². The lowest BCUT2D eigenvalue weighted by Gasteiger charge is -2.17. The lowest BCUT2D eigenvalue weighted by atomic mass is 10.2. The van der Waals surface area contributed by atoms with E-state index >= 15 is 0 Å². The average Bonchev–Trinajstić information content (AvgIpc) is 2.73.